The Morgan fingerprint density at radius 1 is 1.04 bits per heavy atom. The molecule has 3 aromatic rings. The zero-order valence-electron chi connectivity index (χ0n) is 13.7. The molecule has 0 atom stereocenters. The van der Waals surface area contributed by atoms with E-state index in [0.29, 0.717) is 12.3 Å². The number of carbonyl (C=O) groups is 1. The second kappa shape index (κ2) is 8.06. The first-order valence-corrected chi connectivity index (χ1v) is 9.35. The highest BCUT2D eigenvalue weighted by Crippen LogP contribution is 2.30. The van der Waals surface area contributed by atoms with Crippen molar-refractivity contribution in [1.29, 1.82) is 0 Å². The van der Waals surface area contributed by atoms with E-state index >= 15 is 0 Å². The van der Waals surface area contributed by atoms with Crippen molar-refractivity contribution in [2.45, 2.75) is 24.9 Å². The molecule has 1 N–H and O–H groups in total. The van der Waals surface area contributed by atoms with E-state index < -0.39 is 0 Å². The Morgan fingerprint density at radius 3 is 2.58 bits per heavy atom. The lowest BCUT2D eigenvalue weighted by atomic mass is 10.1. The maximum atomic E-state index is 12.4. The average Bonchev–Trinajstić information content (AvgIpc) is 2.99. The lowest BCUT2D eigenvalue weighted by Crippen LogP contribution is -2.24. The summed E-state index contributed by atoms with van der Waals surface area (Å²) in [7, 11) is 0. The van der Waals surface area contributed by atoms with Gasteiger partial charge < -0.3 is 9.73 Å². The molecule has 4 heteroatoms. The van der Waals surface area contributed by atoms with Gasteiger partial charge in [-0.3, -0.25) is 4.79 Å². The zero-order chi connectivity index (χ0) is 16.8. The van der Waals surface area contributed by atoms with Crippen LogP contribution in [0.5, 0.6) is 0 Å². The molecule has 0 bridgehead atoms. The normalized spacial score (nSPS) is 10.9. The lowest BCUT2D eigenvalue weighted by molar-refractivity contribution is 0.0927. The Hall–Kier alpha value is -2.20. The standard InChI is InChI=1S/C20H21NO2S/c1-2-12-21-20(22)19-17(16-10-6-7-11-18(16)23-19)14-24-13-15-8-4-3-5-9-15/h3-11H,2,12-14H2,1H3,(H,21,22). The average molecular weight is 339 g/mol. The van der Waals surface area contributed by atoms with Crippen LogP contribution in [0.2, 0.25) is 0 Å². The molecular formula is C20H21NO2S. The van der Waals surface area contributed by atoms with Crippen LogP contribution in [-0.4, -0.2) is 12.5 Å². The molecule has 0 aliphatic rings. The minimum atomic E-state index is -0.122. The van der Waals surface area contributed by atoms with Gasteiger partial charge in [-0.15, -0.1) is 0 Å². The number of rotatable bonds is 7. The second-order valence-corrected chi connectivity index (χ2v) is 6.63. The van der Waals surface area contributed by atoms with Gasteiger partial charge in [0.25, 0.3) is 5.91 Å². The van der Waals surface area contributed by atoms with Crippen LogP contribution in [0.1, 0.15) is 35.0 Å². The maximum Gasteiger partial charge on any atom is 0.287 e. The first-order chi connectivity index (χ1) is 11.8. The molecule has 2 aromatic carbocycles. The molecule has 0 spiro atoms. The largest absolute Gasteiger partial charge is 0.451 e. The van der Waals surface area contributed by atoms with Gasteiger partial charge in [0.2, 0.25) is 0 Å². The quantitative estimate of drug-likeness (QED) is 0.658. The van der Waals surface area contributed by atoms with Crippen molar-refractivity contribution >= 4 is 28.6 Å². The van der Waals surface area contributed by atoms with E-state index in [1.54, 1.807) is 11.8 Å². The van der Waals surface area contributed by atoms with Crippen LogP contribution in [0.25, 0.3) is 11.0 Å². The third kappa shape index (κ3) is 3.82. The van der Waals surface area contributed by atoms with Crippen molar-refractivity contribution in [2.24, 2.45) is 0 Å². The van der Waals surface area contributed by atoms with Crippen molar-refractivity contribution in [3.63, 3.8) is 0 Å². The Labute approximate surface area is 146 Å². The predicted octanol–water partition coefficient (Wildman–Crippen LogP) is 5.01. The van der Waals surface area contributed by atoms with E-state index in [-0.39, 0.29) is 5.91 Å². The predicted molar refractivity (Wildman–Crippen MR) is 100 cm³/mol. The summed E-state index contributed by atoms with van der Waals surface area (Å²) in [6.45, 7) is 2.70. The fraction of sp³-hybridized carbons (Fsp3) is 0.250. The molecule has 1 aromatic heterocycles. The summed E-state index contributed by atoms with van der Waals surface area (Å²) >= 11 is 1.79. The van der Waals surface area contributed by atoms with E-state index in [9.17, 15) is 4.79 Å². The molecule has 124 valence electrons. The Bertz CT molecular complexity index is 811. The Kier molecular flexibility index (Phi) is 5.59. The van der Waals surface area contributed by atoms with Crippen LogP contribution in [-0.2, 0) is 11.5 Å². The molecule has 0 fully saturated rings. The number of carbonyl (C=O) groups excluding carboxylic acids is 1. The van der Waals surface area contributed by atoms with Crippen LogP contribution in [0.4, 0.5) is 0 Å². The number of nitrogens with one attached hydrogen (secondary N) is 1. The van der Waals surface area contributed by atoms with Gasteiger partial charge >= 0.3 is 0 Å². The summed E-state index contributed by atoms with van der Waals surface area (Å²) in [5.74, 6) is 1.99. The Balaban J connectivity index is 1.80. The number of benzene rings is 2. The number of thioether (sulfide) groups is 1. The lowest BCUT2D eigenvalue weighted by Gasteiger charge is -2.05. The van der Waals surface area contributed by atoms with Crippen LogP contribution in [0.3, 0.4) is 0 Å². The monoisotopic (exact) mass is 339 g/mol. The molecule has 3 rings (SSSR count). The van der Waals surface area contributed by atoms with Crippen LogP contribution >= 0.6 is 11.8 Å². The van der Waals surface area contributed by atoms with Crippen molar-refractivity contribution in [1.82, 2.24) is 5.32 Å². The number of amides is 1. The van der Waals surface area contributed by atoms with Gasteiger partial charge in [0.15, 0.2) is 5.76 Å². The number of hydrogen-bond acceptors (Lipinski definition) is 3. The highest BCUT2D eigenvalue weighted by atomic mass is 32.2. The Morgan fingerprint density at radius 2 is 1.79 bits per heavy atom. The van der Waals surface area contributed by atoms with Crippen molar-refractivity contribution in [3.8, 4) is 0 Å². The topological polar surface area (TPSA) is 42.2 Å². The minimum absolute atomic E-state index is 0.122. The molecule has 0 aliphatic carbocycles. The van der Waals surface area contributed by atoms with Crippen molar-refractivity contribution < 1.29 is 9.21 Å². The third-order valence-electron chi connectivity index (χ3n) is 3.80. The number of hydrogen-bond donors (Lipinski definition) is 1. The molecular weight excluding hydrogens is 318 g/mol. The first kappa shape index (κ1) is 16.7. The number of fused-ring (bicyclic) bond motifs is 1. The van der Waals surface area contributed by atoms with Crippen molar-refractivity contribution in [3.05, 3.63) is 71.5 Å². The highest BCUT2D eigenvalue weighted by molar-refractivity contribution is 7.97. The molecule has 3 nitrogen and oxygen atoms in total. The first-order valence-electron chi connectivity index (χ1n) is 8.20. The summed E-state index contributed by atoms with van der Waals surface area (Å²) in [6.07, 6.45) is 0.907. The van der Waals surface area contributed by atoms with Gasteiger partial charge in [-0.2, -0.15) is 11.8 Å². The molecule has 1 heterocycles. The molecule has 1 amide bonds. The van der Waals surface area contributed by atoms with E-state index in [4.69, 9.17) is 4.42 Å². The SMILES string of the molecule is CCCNC(=O)c1oc2ccccc2c1CSCc1ccccc1. The molecule has 0 unspecified atom stereocenters. The third-order valence-corrected chi connectivity index (χ3v) is 4.83. The summed E-state index contributed by atoms with van der Waals surface area (Å²) in [5, 5.41) is 3.94. The summed E-state index contributed by atoms with van der Waals surface area (Å²) < 4.78 is 5.84. The van der Waals surface area contributed by atoms with Gasteiger partial charge in [0, 0.05) is 29.0 Å². The van der Waals surface area contributed by atoms with Gasteiger partial charge in [-0.25, -0.2) is 0 Å². The van der Waals surface area contributed by atoms with E-state index in [1.165, 1.54) is 5.56 Å². The number of para-hydroxylation sites is 1. The van der Waals surface area contributed by atoms with E-state index in [2.05, 4.69) is 17.4 Å². The smallest absolute Gasteiger partial charge is 0.287 e. The fourth-order valence-corrected chi connectivity index (χ4v) is 3.61. The maximum absolute atomic E-state index is 12.4. The van der Waals surface area contributed by atoms with Gasteiger partial charge in [0.05, 0.1) is 0 Å². The van der Waals surface area contributed by atoms with E-state index in [1.807, 2.05) is 49.4 Å². The molecule has 0 radical (unpaired) electrons. The fourth-order valence-electron chi connectivity index (χ4n) is 2.59. The van der Waals surface area contributed by atoms with Gasteiger partial charge in [-0.1, -0.05) is 55.5 Å². The summed E-state index contributed by atoms with van der Waals surface area (Å²) in [6, 6.07) is 18.2. The molecule has 0 aliphatic heterocycles. The zero-order valence-corrected chi connectivity index (χ0v) is 14.6. The molecule has 24 heavy (non-hydrogen) atoms. The summed E-state index contributed by atoms with van der Waals surface area (Å²) in [5.41, 5.74) is 3.04. The summed E-state index contributed by atoms with van der Waals surface area (Å²) in [4.78, 5) is 12.4. The second-order valence-electron chi connectivity index (χ2n) is 5.64. The van der Waals surface area contributed by atoms with Crippen molar-refractivity contribution in [2.75, 3.05) is 6.54 Å². The van der Waals surface area contributed by atoms with Crippen LogP contribution in [0.15, 0.2) is 59.0 Å². The molecule has 0 saturated heterocycles. The van der Waals surface area contributed by atoms with Crippen LogP contribution < -0.4 is 5.32 Å². The highest BCUT2D eigenvalue weighted by Gasteiger charge is 2.19. The van der Waals surface area contributed by atoms with Gasteiger partial charge in [-0.05, 0) is 18.1 Å². The number of furan rings is 1. The molecule has 0 saturated carbocycles. The van der Waals surface area contributed by atoms with Crippen LogP contribution in [0, 0.1) is 0 Å². The van der Waals surface area contributed by atoms with Gasteiger partial charge in [0.1, 0.15) is 5.58 Å². The minimum Gasteiger partial charge on any atom is -0.451 e. The van der Waals surface area contributed by atoms with E-state index in [0.717, 1.165) is 34.5 Å².